The molecule has 0 aliphatic carbocycles. The first kappa shape index (κ1) is 16.0. The number of nitrogens with zero attached hydrogens (tertiary/aromatic N) is 1. The molecule has 2 fully saturated rings. The molecular weight excluding hydrogens is 220 g/mol. The highest BCUT2D eigenvalue weighted by molar-refractivity contribution is 4.70. The molecule has 0 aromatic rings. The summed E-state index contributed by atoms with van der Waals surface area (Å²) in [5.41, 5.74) is 0. The first-order valence-electron chi connectivity index (χ1n) is 8.06. The van der Waals surface area contributed by atoms with Gasteiger partial charge in [0.1, 0.15) is 0 Å². The lowest BCUT2D eigenvalue weighted by Gasteiger charge is -2.29. The van der Waals surface area contributed by atoms with Gasteiger partial charge in [-0.15, -0.1) is 0 Å². The van der Waals surface area contributed by atoms with Crippen LogP contribution in [0.1, 0.15) is 59.8 Å². The third-order valence-corrected chi connectivity index (χ3v) is 4.45. The molecule has 0 aromatic heterocycles. The second-order valence-corrected chi connectivity index (χ2v) is 6.52. The van der Waals surface area contributed by atoms with Gasteiger partial charge in [0, 0.05) is 6.04 Å². The summed E-state index contributed by atoms with van der Waals surface area (Å²) >= 11 is 0. The molecular formula is C16H34N2. The molecule has 2 aliphatic heterocycles. The lowest BCUT2D eigenvalue weighted by molar-refractivity contribution is 0.185. The van der Waals surface area contributed by atoms with Crippen LogP contribution in [0.2, 0.25) is 0 Å². The van der Waals surface area contributed by atoms with Crippen molar-refractivity contribution < 1.29 is 0 Å². The molecule has 0 unspecified atom stereocenters. The first-order valence-corrected chi connectivity index (χ1v) is 8.06. The minimum atomic E-state index is 0.769. The SMILES string of the molecule is CC(C)C1CCNCC1.CC(C)N1CCCCC1. The van der Waals surface area contributed by atoms with Crippen molar-refractivity contribution in [1.82, 2.24) is 10.2 Å². The number of rotatable bonds is 2. The van der Waals surface area contributed by atoms with Crippen LogP contribution in [0.15, 0.2) is 0 Å². The van der Waals surface area contributed by atoms with Gasteiger partial charge in [0.25, 0.3) is 0 Å². The Balaban J connectivity index is 0.000000180. The van der Waals surface area contributed by atoms with E-state index in [2.05, 4.69) is 37.9 Å². The summed E-state index contributed by atoms with van der Waals surface area (Å²) in [6.45, 7) is 14.4. The summed E-state index contributed by atoms with van der Waals surface area (Å²) in [5.74, 6) is 1.89. The highest BCUT2D eigenvalue weighted by Gasteiger charge is 2.15. The Morgan fingerprint density at radius 3 is 1.78 bits per heavy atom. The third-order valence-electron chi connectivity index (χ3n) is 4.45. The fourth-order valence-electron chi connectivity index (χ4n) is 2.95. The molecule has 2 saturated heterocycles. The van der Waals surface area contributed by atoms with E-state index in [4.69, 9.17) is 0 Å². The Kier molecular flexibility index (Phi) is 7.92. The van der Waals surface area contributed by atoms with Gasteiger partial charge in [0.2, 0.25) is 0 Å². The van der Waals surface area contributed by atoms with E-state index < -0.39 is 0 Å². The quantitative estimate of drug-likeness (QED) is 0.811. The molecule has 2 rings (SSSR count). The number of piperidine rings is 2. The third kappa shape index (κ3) is 6.19. The smallest absolute Gasteiger partial charge is 0.00385 e. The maximum absolute atomic E-state index is 3.37. The highest BCUT2D eigenvalue weighted by Crippen LogP contribution is 2.20. The molecule has 2 heteroatoms. The van der Waals surface area contributed by atoms with Crippen molar-refractivity contribution >= 4 is 0 Å². The molecule has 0 aromatic carbocycles. The highest BCUT2D eigenvalue weighted by atomic mass is 15.1. The van der Waals surface area contributed by atoms with Crippen molar-refractivity contribution in [3.63, 3.8) is 0 Å². The van der Waals surface area contributed by atoms with Crippen molar-refractivity contribution in [2.24, 2.45) is 11.8 Å². The van der Waals surface area contributed by atoms with Gasteiger partial charge in [-0.25, -0.2) is 0 Å². The molecule has 2 nitrogen and oxygen atoms in total. The second kappa shape index (κ2) is 8.92. The molecule has 1 N–H and O–H groups in total. The van der Waals surface area contributed by atoms with Crippen LogP contribution >= 0.6 is 0 Å². The van der Waals surface area contributed by atoms with Gasteiger partial charge in [-0.1, -0.05) is 20.3 Å². The van der Waals surface area contributed by atoms with Gasteiger partial charge in [-0.2, -0.15) is 0 Å². The number of likely N-dealkylation sites (tertiary alicyclic amines) is 1. The largest absolute Gasteiger partial charge is 0.317 e. The van der Waals surface area contributed by atoms with E-state index in [0.717, 1.165) is 17.9 Å². The Morgan fingerprint density at radius 2 is 1.44 bits per heavy atom. The minimum absolute atomic E-state index is 0.769. The van der Waals surface area contributed by atoms with Crippen LogP contribution in [0.25, 0.3) is 0 Å². The fourth-order valence-corrected chi connectivity index (χ4v) is 2.95. The predicted octanol–water partition coefficient (Wildman–Crippen LogP) is 3.52. The van der Waals surface area contributed by atoms with E-state index in [9.17, 15) is 0 Å². The zero-order valence-electron chi connectivity index (χ0n) is 13.0. The number of nitrogens with one attached hydrogen (secondary N) is 1. The van der Waals surface area contributed by atoms with E-state index in [1.165, 1.54) is 58.3 Å². The summed E-state index contributed by atoms with van der Waals surface area (Å²) in [6.07, 6.45) is 7.05. The van der Waals surface area contributed by atoms with Crippen molar-refractivity contribution in [3.05, 3.63) is 0 Å². The molecule has 108 valence electrons. The molecule has 0 bridgehead atoms. The van der Waals surface area contributed by atoms with Gasteiger partial charge >= 0.3 is 0 Å². The standard InChI is InChI=1S/2C8H17N/c1-7(2)8-3-5-9-6-4-8;1-8(2)9-6-4-3-5-7-9/h7-9H,3-6H2,1-2H3;8H,3-7H2,1-2H3. The first-order chi connectivity index (χ1) is 8.61. The van der Waals surface area contributed by atoms with Gasteiger partial charge in [-0.05, 0) is 77.5 Å². The molecule has 2 aliphatic rings. The molecule has 0 radical (unpaired) electrons. The monoisotopic (exact) mass is 254 g/mol. The molecule has 0 spiro atoms. The van der Waals surface area contributed by atoms with Crippen LogP contribution in [0, 0.1) is 11.8 Å². The van der Waals surface area contributed by atoms with Crippen LogP contribution < -0.4 is 5.32 Å². The Morgan fingerprint density at radius 1 is 0.889 bits per heavy atom. The van der Waals surface area contributed by atoms with Crippen molar-refractivity contribution in [2.45, 2.75) is 65.8 Å². The molecule has 0 amide bonds. The van der Waals surface area contributed by atoms with Gasteiger partial charge in [-0.3, -0.25) is 0 Å². The van der Waals surface area contributed by atoms with E-state index in [-0.39, 0.29) is 0 Å². The molecule has 2 heterocycles. The zero-order chi connectivity index (χ0) is 13.4. The lowest BCUT2D eigenvalue weighted by atomic mass is 9.87. The molecule has 0 atom stereocenters. The number of hydrogen-bond donors (Lipinski definition) is 1. The summed E-state index contributed by atoms with van der Waals surface area (Å²) < 4.78 is 0. The average molecular weight is 254 g/mol. The molecule has 18 heavy (non-hydrogen) atoms. The Hall–Kier alpha value is -0.0800. The topological polar surface area (TPSA) is 15.3 Å². The normalized spacial score (nSPS) is 23.0. The summed E-state index contributed by atoms with van der Waals surface area (Å²) in [6, 6.07) is 0.769. The van der Waals surface area contributed by atoms with Crippen molar-refractivity contribution in [3.8, 4) is 0 Å². The van der Waals surface area contributed by atoms with Crippen molar-refractivity contribution in [1.29, 1.82) is 0 Å². The predicted molar refractivity (Wildman–Crippen MR) is 81.0 cm³/mol. The van der Waals surface area contributed by atoms with Gasteiger partial charge < -0.3 is 10.2 Å². The van der Waals surface area contributed by atoms with E-state index >= 15 is 0 Å². The van der Waals surface area contributed by atoms with Crippen LogP contribution in [0.4, 0.5) is 0 Å². The maximum Gasteiger partial charge on any atom is 0.00385 e. The fraction of sp³-hybridized carbons (Fsp3) is 1.00. The van der Waals surface area contributed by atoms with Crippen LogP contribution in [0.3, 0.4) is 0 Å². The maximum atomic E-state index is 3.37. The summed E-state index contributed by atoms with van der Waals surface area (Å²) in [5, 5.41) is 3.37. The average Bonchev–Trinajstić information content (AvgIpc) is 2.41. The van der Waals surface area contributed by atoms with Crippen LogP contribution in [0.5, 0.6) is 0 Å². The Labute approximate surface area is 115 Å². The van der Waals surface area contributed by atoms with E-state index in [1.54, 1.807) is 0 Å². The zero-order valence-corrected chi connectivity index (χ0v) is 13.0. The van der Waals surface area contributed by atoms with Gasteiger partial charge in [0.15, 0.2) is 0 Å². The van der Waals surface area contributed by atoms with Crippen LogP contribution in [-0.2, 0) is 0 Å². The number of hydrogen-bond acceptors (Lipinski definition) is 2. The van der Waals surface area contributed by atoms with Crippen LogP contribution in [-0.4, -0.2) is 37.1 Å². The van der Waals surface area contributed by atoms with E-state index in [1.807, 2.05) is 0 Å². The van der Waals surface area contributed by atoms with Crippen molar-refractivity contribution in [2.75, 3.05) is 26.2 Å². The second-order valence-electron chi connectivity index (χ2n) is 6.52. The minimum Gasteiger partial charge on any atom is -0.317 e. The van der Waals surface area contributed by atoms with E-state index in [0.29, 0.717) is 0 Å². The summed E-state index contributed by atoms with van der Waals surface area (Å²) in [4.78, 5) is 2.56. The molecule has 0 saturated carbocycles. The lowest BCUT2D eigenvalue weighted by Crippen LogP contribution is -2.35. The summed E-state index contributed by atoms with van der Waals surface area (Å²) in [7, 11) is 0. The van der Waals surface area contributed by atoms with Gasteiger partial charge in [0.05, 0.1) is 0 Å². The Bertz CT molecular complexity index is 167.